The van der Waals surface area contributed by atoms with Gasteiger partial charge in [-0.05, 0) is 60.6 Å². The summed E-state index contributed by atoms with van der Waals surface area (Å²) in [6.45, 7) is 0. The zero-order chi connectivity index (χ0) is 22.3. The molecule has 8 heteroatoms. The zero-order valence-corrected chi connectivity index (χ0v) is 16.9. The molecule has 0 heterocycles. The second kappa shape index (κ2) is 10.4. The van der Waals surface area contributed by atoms with E-state index < -0.39 is 23.8 Å². The highest BCUT2D eigenvalue weighted by atomic mass is 16.5. The van der Waals surface area contributed by atoms with Crippen LogP contribution in [-0.2, 0) is 22.4 Å². The van der Waals surface area contributed by atoms with Crippen LogP contribution in [0.4, 0.5) is 0 Å². The number of hydrogen-bond donors (Lipinski definition) is 4. The van der Waals surface area contributed by atoms with Crippen molar-refractivity contribution >= 4 is 11.9 Å². The van der Waals surface area contributed by atoms with Crippen molar-refractivity contribution in [1.29, 1.82) is 0 Å². The number of rotatable bonds is 11. The van der Waals surface area contributed by atoms with E-state index in [0.29, 0.717) is 16.9 Å². The first-order chi connectivity index (χ1) is 14.2. The van der Waals surface area contributed by atoms with E-state index in [1.165, 1.54) is 26.4 Å². The molecule has 30 heavy (non-hydrogen) atoms. The Bertz CT molecular complexity index is 893. The number of hydrogen-bond acceptors (Lipinski definition) is 6. The highest BCUT2D eigenvalue weighted by molar-refractivity contribution is 5.71. The summed E-state index contributed by atoms with van der Waals surface area (Å²) < 4.78 is 10.0. The van der Waals surface area contributed by atoms with Crippen LogP contribution in [0.5, 0.6) is 23.0 Å². The van der Waals surface area contributed by atoms with Crippen LogP contribution in [0, 0.1) is 11.8 Å². The highest BCUT2D eigenvalue weighted by Gasteiger charge is 2.29. The SMILES string of the molecule is COc1ccc(C[C@H](CCC(=O)O)[C@H](Cc2ccc(OC)c(O)c2)C(=O)O)cc1O. The van der Waals surface area contributed by atoms with Crippen LogP contribution in [0.3, 0.4) is 0 Å². The van der Waals surface area contributed by atoms with E-state index in [0.717, 1.165) is 0 Å². The first-order valence-electron chi connectivity index (χ1n) is 9.41. The van der Waals surface area contributed by atoms with E-state index >= 15 is 0 Å². The molecule has 0 spiro atoms. The average molecular weight is 418 g/mol. The predicted molar refractivity (Wildman–Crippen MR) is 108 cm³/mol. The lowest BCUT2D eigenvalue weighted by Crippen LogP contribution is -2.28. The van der Waals surface area contributed by atoms with Crippen molar-refractivity contribution in [3.63, 3.8) is 0 Å². The third-order valence-electron chi connectivity index (χ3n) is 5.06. The maximum absolute atomic E-state index is 12.1. The van der Waals surface area contributed by atoms with Gasteiger partial charge >= 0.3 is 11.9 Å². The third-order valence-corrected chi connectivity index (χ3v) is 5.06. The van der Waals surface area contributed by atoms with Crippen molar-refractivity contribution in [3.8, 4) is 23.0 Å². The van der Waals surface area contributed by atoms with Crippen molar-refractivity contribution in [2.75, 3.05) is 14.2 Å². The fourth-order valence-electron chi connectivity index (χ4n) is 3.49. The van der Waals surface area contributed by atoms with Gasteiger partial charge in [0.25, 0.3) is 0 Å². The van der Waals surface area contributed by atoms with Crippen LogP contribution >= 0.6 is 0 Å². The van der Waals surface area contributed by atoms with Gasteiger partial charge in [-0.3, -0.25) is 9.59 Å². The van der Waals surface area contributed by atoms with Crippen LogP contribution in [0.25, 0.3) is 0 Å². The summed E-state index contributed by atoms with van der Waals surface area (Å²) in [6.07, 6.45) is 0.356. The second-order valence-corrected chi connectivity index (χ2v) is 7.06. The Balaban J connectivity index is 2.30. The predicted octanol–water partition coefficient (Wildman–Crippen LogP) is 3.08. The third kappa shape index (κ3) is 6.04. The molecule has 0 saturated carbocycles. The molecular formula is C22H26O8. The van der Waals surface area contributed by atoms with Gasteiger partial charge in [-0.15, -0.1) is 0 Å². The summed E-state index contributed by atoms with van der Waals surface area (Å²) in [5.74, 6) is -3.05. The summed E-state index contributed by atoms with van der Waals surface area (Å²) in [7, 11) is 2.84. The highest BCUT2D eigenvalue weighted by Crippen LogP contribution is 2.33. The van der Waals surface area contributed by atoms with Crippen molar-refractivity contribution in [2.45, 2.75) is 25.7 Å². The summed E-state index contributed by atoms with van der Waals surface area (Å²) in [4.78, 5) is 23.2. The largest absolute Gasteiger partial charge is 0.504 e. The van der Waals surface area contributed by atoms with E-state index in [9.17, 15) is 24.9 Å². The molecule has 4 N–H and O–H groups in total. The van der Waals surface area contributed by atoms with Crippen molar-refractivity contribution in [3.05, 3.63) is 47.5 Å². The van der Waals surface area contributed by atoms with Gasteiger partial charge in [0, 0.05) is 6.42 Å². The lowest BCUT2D eigenvalue weighted by molar-refractivity contribution is -0.145. The van der Waals surface area contributed by atoms with E-state index in [2.05, 4.69) is 0 Å². The van der Waals surface area contributed by atoms with Crippen LogP contribution in [0.2, 0.25) is 0 Å². The molecule has 2 atom stereocenters. The number of methoxy groups -OCH3 is 2. The van der Waals surface area contributed by atoms with Crippen molar-refractivity contribution < 1.29 is 39.5 Å². The number of ether oxygens (including phenoxy) is 2. The molecule has 0 unspecified atom stereocenters. The molecule has 8 nitrogen and oxygen atoms in total. The Morgan fingerprint density at radius 1 is 0.867 bits per heavy atom. The molecule has 2 aromatic rings. The van der Waals surface area contributed by atoms with Crippen molar-refractivity contribution in [2.24, 2.45) is 11.8 Å². The van der Waals surface area contributed by atoms with Gasteiger partial charge in [0.1, 0.15) is 0 Å². The minimum Gasteiger partial charge on any atom is -0.504 e. The van der Waals surface area contributed by atoms with Crippen LogP contribution in [0.15, 0.2) is 36.4 Å². The fourth-order valence-corrected chi connectivity index (χ4v) is 3.49. The molecule has 0 aliphatic rings. The summed E-state index contributed by atoms with van der Waals surface area (Å²) in [6, 6.07) is 9.45. The number of phenols is 2. The Kier molecular flexibility index (Phi) is 7.91. The number of aliphatic carboxylic acids is 2. The van der Waals surface area contributed by atoms with Gasteiger partial charge in [0.05, 0.1) is 20.1 Å². The second-order valence-electron chi connectivity index (χ2n) is 7.06. The lowest BCUT2D eigenvalue weighted by atomic mass is 9.80. The van der Waals surface area contributed by atoms with Gasteiger partial charge in [-0.25, -0.2) is 0 Å². The molecular weight excluding hydrogens is 392 g/mol. The monoisotopic (exact) mass is 418 g/mol. The first-order valence-corrected chi connectivity index (χ1v) is 9.41. The number of carboxylic acids is 2. The number of benzene rings is 2. The Morgan fingerprint density at radius 3 is 1.77 bits per heavy atom. The van der Waals surface area contributed by atoms with Gasteiger partial charge in [0.15, 0.2) is 23.0 Å². The summed E-state index contributed by atoms with van der Waals surface area (Å²) in [5, 5.41) is 38.9. The molecule has 162 valence electrons. The molecule has 0 aliphatic heterocycles. The maximum atomic E-state index is 12.1. The Labute approximate surface area is 174 Å². The first kappa shape index (κ1) is 22.9. The lowest BCUT2D eigenvalue weighted by Gasteiger charge is -2.24. The van der Waals surface area contributed by atoms with Crippen LogP contribution in [0.1, 0.15) is 24.0 Å². The van der Waals surface area contributed by atoms with Crippen molar-refractivity contribution in [1.82, 2.24) is 0 Å². The van der Waals surface area contributed by atoms with E-state index in [4.69, 9.17) is 14.6 Å². The maximum Gasteiger partial charge on any atom is 0.307 e. The van der Waals surface area contributed by atoms with Gasteiger partial charge in [-0.2, -0.15) is 0 Å². The molecule has 0 aromatic heterocycles. The molecule has 0 aliphatic carbocycles. The molecule has 0 radical (unpaired) electrons. The zero-order valence-electron chi connectivity index (χ0n) is 16.9. The van der Waals surface area contributed by atoms with Gasteiger partial charge < -0.3 is 29.9 Å². The molecule has 2 rings (SSSR count). The summed E-state index contributed by atoms with van der Waals surface area (Å²) in [5.41, 5.74) is 1.27. The molecule has 2 aromatic carbocycles. The smallest absolute Gasteiger partial charge is 0.307 e. The molecule has 0 bridgehead atoms. The fraction of sp³-hybridized carbons (Fsp3) is 0.364. The van der Waals surface area contributed by atoms with Crippen LogP contribution in [-0.4, -0.2) is 46.6 Å². The minimum atomic E-state index is -1.06. The van der Waals surface area contributed by atoms with E-state index in [1.807, 2.05) is 0 Å². The Hall–Kier alpha value is -3.42. The normalized spacial score (nSPS) is 12.7. The Morgan fingerprint density at radius 2 is 1.37 bits per heavy atom. The van der Waals surface area contributed by atoms with Gasteiger partial charge in [-0.1, -0.05) is 12.1 Å². The minimum absolute atomic E-state index is 0.0704. The standard InChI is InChI=1S/C22H26O8/c1-29-19-6-3-13(11-17(19)23)9-15(5-8-21(25)26)16(22(27)28)10-14-4-7-20(30-2)18(24)12-14/h3-4,6-7,11-12,15-16,23-24H,5,8-10H2,1-2H3,(H,25,26)(H,27,28)/t15-,16-/m0/s1. The van der Waals surface area contributed by atoms with E-state index in [1.54, 1.807) is 24.3 Å². The topological polar surface area (TPSA) is 134 Å². The quantitative estimate of drug-likeness (QED) is 0.437. The van der Waals surface area contributed by atoms with Crippen LogP contribution < -0.4 is 9.47 Å². The molecule has 0 amide bonds. The average Bonchev–Trinajstić information content (AvgIpc) is 2.69. The number of aromatic hydroxyl groups is 2. The molecule has 0 saturated heterocycles. The number of carboxylic acid groups (broad SMARTS) is 2. The number of phenolic OH excluding ortho intramolecular Hbond substituents is 2. The summed E-state index contributed by atoms with van der Waals surface area (Å²) >= 11 is 0. The number of carbonyl (C=O) groups is 2. The molecule has 0 fully saturated rings. The van der Waals surface area contributed by atoms with Gasteiger partial charge in [0.2, 0.25) is 0 Å². The van der Waals surface area contributed by atoms with E-state index in [-0.39, 0.29) is 42.9 Å².